The average Bonchev–Trinajstić information content (AvgIpc) is 1.00. The van der Waals surface area contributed by atoms with Gasteiger partial charge in [-0.1, -0.05) is 0 Å². The molecular weight excluding hydrogens is 155 g/mol. The van der Waals surface area contributed by atoms with E-state index in [0.29, 0.717) is 0 Å². The zero-order chi connectivity index (χ0) is 2.00. The summed E-state index contributed by atoms with van der Waals surface area (Å²) in [6.45, 7) is 0. The van der Waals surface area contributed by atoms with Gasteiger partial charge in [-0.25, -0.2) is 0 Å². The predicted molar refractivity (Wildman–Crippen MR) is 15.8 cm³/mol. The van der Waals surface area contributed by atoms with E-state index in [9.17, 15) is 0 Å². The summed E-state index contributed by atoms with van der Waals surface area (Å²) in [7, 11) is 0. The predicted octanol–water partition coefficient (Wildman–Crippen LogP) is -2.57. The Hall–Kier alpha value is 1.14. The van der Waals surface area contributed by atoms with Crippen LogP contribution in [0.25, 0.3) is 0 Å². The SMILES string of the molecule is O.[AlH3].[OH][Mo]. The van der Waals surface area contributed by atoms with E-state index in [1.807, 2.05) is 0 Å². The average molecular weight is 161 g/mol. The van der Waals surface area contributed by atoms with E-state index in [4.69, 9.17) is 3.76 Å². The van der Waals surface area contributed by atoms with Crippen LogP contribution < -0.4 is 0 Å². The van der Waals surface area contributed by atoms with E-state index in [-0.39, 0.29) is 22.8 Å². The number of hydrogen-bond acceptors (Lipinski definition) is 1. The molecule has 0 saturated carbocycles. The van der Waals surface area contributed by atoms with Crippen molar-refractivity contribution in [1.29, 1.82) is 0 Å². The molecule has 4 heavy (non-hydrogen) atoms. The molecule has 3 N–H and O–H groups in total. The second kappa shape index (κ2) is 31.4. The molecule has 0 aromatic heterocycles. The zero-order valence-electron chi connectivity index (χ0n) is 1.36. The third-order valence-electron chi connectivity index (χ3n) is 0. The van der Waals surface area contributed by atoms with Crippen LogP contribution in [0.2, 0.25) is 0 Å². The summed E-state index contributed by atoms with van der Waals surface area (Å²) in [6, 6.07) is 0. The summed E-state index contributed by atoms with van der Waals surface area (Å²) in [4.78, 5) is 0. The van der Waals surface area contributed by atoms with Gasteiger partial charge in [0.2, 0.25) is 0 Å². The van der Waals surface area contributed by atoms with Gasteiger partial charge >= 0.3 is 24.0 Å². The minimum atomic E-state index is 0. The summed E-state index contributed by atoms with van der Waals surface area (Å²) in [5, 5.41) is 0. The van der Waals surface area contributed by atoms with Crippen LogP contribution in [-0.4, -0.2) is 26.6 Å². The molecule has 0 aliphatic carbocycles. The Morgan fingerprint density at radius 2 is 1.25 bits per heavy atom. The molecule has 0 unspecified atom stereocenters. The molecule has 0 aromatic carbocycles. The maximum atomic E-state index is 7.01. The second-order valence-corrected chi connectivity index (χ2v) is 0. The van der Waals surface area contributed by atoms with Crippen molar-refractivity contribution in [2.24, 2.45) is 0 Å². The molecule has 0 amide bonds. The first kappa shape index (κ1) is 19.2. The van der Waals surface area contributed by atoms with Crippen LogP contribution in [0.15, 0.2) is 0 Å². The molecule has 0 spiro atoms. The third-order valence-corrected chi connectivity index (χ3v) is 0. The van der Waals surface area contributed by atoms with Crippen LogP contribution in [0.1, 0.15) is 0 Å². The van der Waals surface area contributed by atoms with Crippen LogP contribution in [-0.2, 0) is 20.2 Å². The Labute approximate surface area is 47.0 Å². The van der Waals surface area contributed by atoms with E-state index < -0.39 is 0 Å². The third kappa shape index (κ3) is 11.1. The van der Waals surface area contributed by atoms with Crippen LogP contribution in [0, 0.1) is 0 Å². The molecule has 0 aliphatic rings. The van der Waals surface area contributed by atoms with E-state index in [1.165, 1.54) is 0 Å². The molecule has 0 aliphatic heterocycles. The first-order valence-corrected chi connectivity index (χ1v) is 1.08. The number of rotatable bonds is 0. The molecule has 27 valence electrons. The van der Waals surface area contributed by atoms with Crippen molar-refractivity contribution in [3.63, 3.8) is 0 Å². The second-order valence-electron chi connectivity index (χ2n) is 0. The van der Waals surface area contributed by atoms with Crippen molar-refractivity contribution in [3.05, 3.63) is 0 Å². The van der Waals surface area contributed by atoms with E-state index in [1.54, 1.807) is 0 Å². The summed E-state index contributed by atoms with van der Waals surface area (Å²) in [5.41, 5.74) is 0. The molecule has 0 saturated heterocycles. The summed E-state index contributed by atoms with van der Waals surface area (Å²) < 4.78 is 7.01. The Morgan fingerprint density at radius 3 is 1.25 bits per heavy atom. The quantitative estimate of drug-likeness (QED) is 0.390. The van der Waals surface area contributed by atoms with Crippen LogP contribution in [0.4, 0.5) is 0 Å². The fraction of sp³-hybridized carbons (Fsp3) is 0. The summed E-state index contributed by atoms with van der Waals surface area (Å²) >= 11 is 0.950. The van der Waals surface area contributed by atoms with Crippen molar-refractivity contribution in [3.8, 4) is 0 Å². The summed E-state index contributed by atoms with van der Waals surface area (Å²) in [5.74, 6) is 0. The molecule has 0 fully saturated rings. The normalized spacial score (nSPS) is 1.25. The Balaban J connectivity index is -0.00000000500. The van der Waals surface area contributed by atoms with E-state index >= 15 is 0 Å². The first-order chi connectivity index (χ1) is 1.00. The zero-order valence-corrected chi connectivity index (χ0v) is 3.36. The van der Waals surface area contributed by atoms with Crippen molar-refractivity contribution in [2.45, 2.75) is 0 Å². The van der Waals surface area contributed by atoms with Gasteiger partial charge in [-0.15, -0.1) is 0 Å². The van der Waals surface area contributed by atoms with Crippen molar-refractivity contribution < 1.29 is 29.4 Å². The first-order valence-electron chi connectivity index (χ1n) is 0.183. The number of hydrogen-bond donors (Lipinski definition) is 1. The van der Waals surface area contributed by atoms with Gasteiger partial charge in [0.25, 0.3) is 0 Å². The standard InChI is InChI=1S/Al.Mo.2H2O.3H/h;;2*1H2;;;/q;+1;;;;;/p-1. The van der Waals surface area contributed by atoms with Gasteiger partial charge in [0.05, 0.1) is 0 Å². The molecule has 0 rings (SSSR count). The van der Waals surface area contributed by atoms with Crippen molar-refractivity contribution in [1.82, 2.24) is 0 Å². The van der Waals surface area contributed by atoms with Gasteiger partial charge < -0.3 is 5.48 Å². The fourth-order valence-electron chi connectivity index (χ4n) is 0. The molecule has 0 bridgehead atoms. The fourth-order valence-corrected chi connectivity index (χ4v) is 0. The molecule has 0 heterocycles. The Bertz CT molecular complexity index is 6.00. The Kier molecular flexibility index (Phi) is 151. The molecule has 0 aromatic rings. The maximum absolute atomic E-state index is 7.01. The van der Waals surface area contributed by atoms with Gasteiger partial charge in [0.15, 0.2) is 17.4 Å². The monoisotopic (exact) mass is 163 g/mol. The van der Waals surface area contributed by atoms with E-state index in [0.717, 1.165) is 20.2 Å². The minimum absolute atomic E-state index is 0. The van der Waals surface area contributed by atoms with Crippen LogP contribution in [0.5, 0.6) is 0 Å². The van der Waals surface area contributed by atoms with Crippen molar-refractivity contribution >= 4 is 17.4 Å². The van der Waals surface area contributed by atoms with Gasteiger partial charge in [0, 0.05) is 0 Å². The topological polar surface area (TPSA) is 51.7 Å². The Morgan fingerprint density at radius 1 is 1.25 bits per heavy atom. The van der Waals surface area contributed by atoms with Gasteiger partial charge in [0.1, 0.15) is 0 Å². The molecular formula is H6AlMoO2. The molecule has 0 atom stereocenters. The summed E-state index contributed by atoms with van der Waals surface area (Å²) in [6.07, 6.45) is 0. The van der Waals surface area contributed by atoms with Gasteiger partial charge in [-0.2, -0.15) is 0 Å². The van der Waals surface area contributed by atoms with E-state index in [2.05, 4.69) is 0 Å². The van der Waals surface area contributed by atoms with Crippen LogP contribution >= 0.6 is 0 Å². The van der Waals surface area contributed by atoms with Gasteiger partial charge in [-0.05, 0) is 0 Å². The molecule has 4 heteroatoms. The van der Waals surface area contributed by atoms with Crippen molar-refractivity contribution in [2.75, 3.05) is 0 Å². The molecule has 0 radical (unpaired) electrons. The molecule has 2 nitrogen and oxygen atoms in total. The van der Waals surface area contributed by atoms with Crippen LogP contribution in [0.3, 0.4) is 0 Å². The van der Waals surface area contributed by atoms with Gasteiger partial charge in [-0.3, -0.25) is 0 Å².